The van der Waals surface area contributed by atoms with E-state index in [2.05, 4.69) is 10.3 Å². The van der Waals surface area contributed by atoms with Crippen LogP contribution in [0.25, 0.3) is 5.65 Å². The quantitative estimate of drug-likeness (QED) is 0.907. The molecule has 120 valence electrons. The Kier molecular flexibility index (Phi) is 4.41. The summed E-state index contributed by atoms with van der Waals surface area (Å²) in [5.74, 6) is -0.565. The second-order valence-corrected chi connectivity index (χ2v) is 4.96. The van der Waals surface area contributed by atoms with Crippen molar-refractivity contribution in [1.29, 1.82) is 0 Å². The lowest BCUT2D eigenvalue weighted by Gasteiger charge is -2.10. The SMILES string of the molecule is CCc1nc2ccc(C(F)(F)F)cn2c1C(=O)NCC(C)O. The molecule has 2 aromatic rings. The number of imidazole rings is 1. The number of nitrogens with zero attached hydrogens (tertiary/aromatic N) is 2. The average molecular weight is 315 g/mol. The molecule has 2 N–H and O–H groups in total. The number of aliphatic hydroxyl groups excluding tert-OH is 1. The van der Waals surface area contributed by atoms with Crippen molar-refractivity contribution in [3.8, 4) is 0 Å². The molecule has 0 aliphatic heterocycles. The van der Waals surface area contributed by atoms with Crippen LogP contribution in [0, 0.1) is 0 Å². The van der Waals surface area contributed by atoms with Gasteiger partial charge in [-0.25, -0.2) is 4.98 Å². The molecule has 0 aliphatic carbocycles. The third kappa shape index (κ3) is 3.22. The Morgan fingerprint density at radius 2 is 2.14 bits per heavy atom. The van der Waals surface area contributed by atoms with E-state index in [1.165, 1.54) is 13.0 Å². The minimum atomic E-state index is -4.50. The number of rotatable bonds is 4. The summed E-state index contributed by atoms with van der Waals surface area (Å²) >= 11 is 0. The molecule has 8 heteroatoms. The highest BCUT2D eigenvalue weighted by molar-refractivity contribution is 5.94. The Morgan fingerprint density at radius 1 is 1.45 bits per heavy atom. The zero-order chi connectivity index (χ0) is 16.5. The molecule has 22 heavy (non-hydrogen) atoms. The van der Waals surface area contributed by atoms with Gasteiger partial charge in [-0.1, -0.05) is 6.92 Å². The van der Waals surface area contributed by atoms with Crippen LogP contribution in [0.15, 0.2) is 18.3 Å². The van der Waals surface area contributed by atoms with Crippen LogP contribution in [0.2, 0.25) is 0 Å². The molecule has 5 nitrogen and oxygen atoms in total. The summed E-state index contributed by atoms with van der Waals surface area (Å²) in [6, 6.07) is 2.16. The topological polar surface area (TPSA) is 66.6 Å². The number of amides is 1. The predicted molar refractivity (Wildman–Crippen MR) is 73.6 cm³/mol. The van der Waals surface area contributed by atoms with E-state index in [0.717, 1.165) is 16.7 Å². The molecule has 0 aromatic carbocycles. The van der Waals surface area contributed by atoms with Crippen molar-refractivity contribution < 1.29 is 23.1 Å². The molecule has 0 spiro atoms. The zero-order valence-corrected chi connectivity index (χ0v) is 12.1. The third-order valence-corrected chi connectivity index (χ3v) is 3.13. The Hall–Kier alpha value is -2.09. The molecule has 0 aliphatic rings. The predicted octanol–water partition coefficient (Wildman–Crippen LogP) is 2.03. The van der Waals surface area contributed by atoms with Gasteiger partial charge in [0.15, 0.2) is 0 Å². The van der Waals surface area contributed by atoms with Crippen molar-refractivity contribution in [2.45, 2.75) is 32.5 Å². The third-order valence-electron chi connectivity index (χ3n) is 3.13. The Morgan fingerprint density at radius 3 is 2.68 bits per heavy atom. The van der Waals surface area contributed by atoms with Gasteiger partial charge >= 0.3 is 6.18 Å². The van der Waals surface area contributed by atoms with Gasteiger partial charge < -0.3 is 10.4 Å². The maximum atomic E-state index is 12.8. The van der Waals surface area contributed by atoms with Crippen LogP contribution >= 0.6 is 0 Å². The van der Waals surface area contributed by atoms with E-state index in [9.17, 15) is 23.1 Å². The fourth-order valence-corrected chi connectivity index (χ4v) is 2.07. The van der Waals surface area contributed by atoms with Crippen LogP contribution in [0.5, 0.6) is 0 Å². The van der Waals surface area contributed by atoms with E-state index in [1.807, 2.05) is 0 Å². The molecular weight excluding hydrogens is 299 g/mol. The highest BCUT2D eigenvalue weighted by Gasteiger charge is 2.31. The van der Waals surface area contributed by atoms with Gasteiger partial charge in [-0.3, -0.25) is 9.20 Å². The Balaban J connectivity index is 2.52. The number of pyridine rings is 1. The van der Waals surface area contributed by atoms with Gasteiger partial charge in [-0.2, -0.15) is 13.2 Å². The highest BCUT2D eigenvalue weighted by Crippen LogP contribution is 2.29. The lowest BCUT2D eigenvalue weighted by atomic mass is 10.2. The van der Waals surface area contributed by atoms with Crippen molar-refractivity contribution in [3.05, 3.63) is 35.3 Å². The smallest absolute Gasteiger partial charge is 0.392 e. The van der Waals surface area contributed by atoms with Crippen molar-refractivity contribution in [1.82, 2.24) is 14.7 Å². The lowest BCUT2D eigenvalue weighted by Crippen LogP contribution is -2.32. The zero-order valence-electron chi connectivity index (χ0n) is 12.1. The number of aryl methyl sites for hydroxylation is 1. The molecule has 0 bridgehead atoms. The first-order valence-electron chi connectivity index (χ1n) is 6.78. The summed E-state index contributed by atoms with van der Waals surface area (Å²) in [5.41, 5.74) is -0.122. The second kappa shape index (κ2) is 5.96. The molecule has 2 rings (SSSR count). The molecular formula is C14H16F3N3O2. The number of aliphatic hydroxyl groups is 1. The van der Waals surface area contributed by atoms with Crippen molar-refractivity contribution in [3.63, 3.8) is 0 Å². The van der Waals surface area contributed by atoms with Gasteiger partial charge in [-0.15, -0.1) is 0 Å². The number of aromatic nitrogens is 2. The van der Waals surface area contributed by atoms with E-state index in [0.29, 0.717) is 12.1 Å². The van der Waals surface area contributed by atoms with Gasteiger partial charge in [0.1, 0.15) is 11.3 Å². The molecule has 0 saturated heterocycles. The fourth-order valence-electron chi connectivity index (χ4n) is 2.07. The molecule has 2 aromatic heterocycles. The molecule has 1 unspecified atom stereocenters. The maximum Gasteiger partial charge on any atom is 0.417 e. The van der Waals surface area contributed by atoms with E-state index in [1.54, 1.807) is 6.92 Å². The number of fused-ring (bicyclic) bond motifs is 1. The van der Waals surface area contributed by atoms with Crippen LogP contribution in [0.1, 0.15) is 35.6 Å². The normalized spacial score (nSPS) is 13.4. The highest BCUT2D eigenvalue weighted by atomic mass is 19.4. The first kappa shape index (κ1) is 16.3. The molecule has 2 heterocycles. The van der Waals surface area contributed by atoms with Crippen molar-refractivity contribution >= 4 is 11.6 Å². The maximum absolute atomic E-state index is 12.8. The summed E-state index contributed by atoms with van der Waals surface area (Å²) < 4.78 is 39.6. The van der Waals surface area contributed by atoms with Crippen LogP contribution < -0.4 is 5.32 Å². The number of carbonyl (C=O) groups excluding carboxylic acids is 1. The number of carbonyl (C=O) groups is 1. The molecule has 0 saturated carbocycles. The van der Waals surface area contributed by atoms with Crippen molar-refractivity contribution in [2.24, 2.45) is 0 Å². The molecule has 0 fully saturated rings. The fraction of sp³-hybridized carbons (Fsp3) is 0.429. The number of nitrogens with one attached hydrogen (secondary N) is 1. The van der Waals surface area contributed by atoms with E-state index in [-0.39, 0.29) is 17.9 Å². The van der Waals surface area contributed by atoms with E-state index < -0.39 is 23.8 Å². The van der Waals surface area contributed by atoms with Crippen LogP contribution in [0.3, 0.4) is 0 Å². The summed E-state index contributed by atoms with van der Waals surface area (Å²) in [5, 5.41) is 11.7. The molecule has 1 amide bonds. The summed E-state index contributed by atoms with van der Waals surface area (Å²) in [6.45, 7) is 3.27. The van der Waals surface area contributed by atoms with Crippen LogP contribution in [-0.4, -0.2) is 33.0 Å². The lowest BCUT2D eigenvalue weighted by molar-refractivity contribution is -0.137. The van der Waals surface area contributed by atoms with Gasteiger partial charge in [0.05, 0.1) is 17.4 Å². The summed E-state index contributed by atoms with van der Waals surface area (Å²) in [6.07, 6.45) is -3.99. The number of hydrogen-bond donors (Lipinski definition) is 2. The Labute approximate surface area is 124 Å². The first-order chi connectivity index (χ1) is 10.2. The number of halogens is 3. The van der Waals surface area contributed by atoms with Crippen LogP contribution in [-0.2, 0) is 12.6 Å². The number of hydrogen-bond acceptors (Lipinski definition) is 3. The van der Waals surface area contributed by atoms with Gasteiger partial charge in [-0.05, 0) is 25.5 Å². The first-order valence-corrected chi connectivity index (χ1v) is 6.78. The summed E-state index contributed by atoms with van der Waals surface area (Å²) in [7, 11) is 0. The largest absolute Gasteiger partial charge is 0.417 e. The van der Waals surface area contributed by atoms with Crippen molar-refractivity contribution in [2.75, 3.05) is 6.54 Å². The monoisotopic (exact) mass is 315 g/mol. The second-order valence-electron chi connectivity index (χ2n) is 4.96. The molecule has 1 atom stereocenters. The number of alkyl halides is 3. The average Bonchev–Trinajstić information content (AvgIpc) is 2.81. The molecule has 0 radical (unpaired) electrons. The van der Waals surface area contributed by atoms with Gasteiger partial charge in [0, 0.05) is 12.7 Å². The minimum Gasteiger partial charge on any atom is -0.392 e. The van der Waals surface area contributed by atoms with Gasteiger partial charge in [0.2, 0.25) is 0 Å². The van der Waals surface area contributed by atoms with E-state index in [4.69, 9.17) is 0 Å². The van der Waals surface area contributed by atoms with Gasteiger partial charge in [0.25, 0.3) is 5.91 Å². The van der Waals surface area contributed by atoms with Crippen LogP contribution in [0.4, 0.5) is 13.2 Å². The standard InChI is InChI=1S/C14H16F3N3O2/c1-3-10-12(13(22)18-6-8(2)21)20-7-9(14(15,16)17)4-5-11(20)19-10/h4-5,7-8,21H,3,6H2,1-2H3,(H,18,22). The minimum absolute atomic E-state index is 0.00812. The Bertz CT molecular complexity index is 692. The van der Waals surface area contributed by atoms with E-state index >= 15 is 0 Å². The summed E-state index contributed by atoms with van der Waals surface area (Å²) in [4.78, 5) is 16.4.